The standard InChI is InChI=1S/C46H48/c1-9-29(4)44(30(5)10-2)33-18-22-41-42(26-33)46(7,8)43-27-35(37-13-11-12-14-40(37)45(41)43)25-32-17-21-38-34(24-32)23-31(6)36-19-15-28(3)16-20-39(36)38/h9-14,16-18,20-22,24,26-28,31H,1,15,19,23,25H2,2-8H3/b30-10-,44-29+. The Morgan fingerprint density at radius 3 is 2.43 bits per heavy atom. The van der Waals surface area contributed by atoms with Gasteiger partial charge in [0.25, 0.3) is 0 Å². The molecule has 0 fully saturated rings. The van der Waals surface area contributed by atoms with Crippen molar-refractivity contribution < 1.29 is 0 Å². The number of rotatable bonds is 5. The maximum atomic E-state index is 4.10. The fraction of sp³-hybridized carbons (Fsp3) is 0.304. The molecule has 0 amide bonds. The van der Waals surface area contributed by atoms with Gasteiger partial charge in [0, 0.05) is 5.41 Å². The normalized spacial score (nSPS) is 20.5. The highest BCUT2D eigenvalue weighted by Crippen LogP contribution is 2.53. The van der Waals surface area contributed by atoms with E-state index in [0.29, 0.717) is 11.8 Å². The molecule has 0 nitrogen and oxygen atoms in total. The van der Waals surface area contributed by atoms with Gasteiger partial charge in [-0.1, -0.05) is 125 Å². The smallest absolute Gasteiger partial charge is 0.0159 e. The van der Waals surface area contributed by atoms with Crippen LogP contribution in [-0.2, 0) is 18.3 Å². The molecule has 0 aliphatic heterocycles. The third kappa shape index (κ3) is 4.89. The fourth-order valence-corrected chi connectivity index (χ4v) is 8.59. The molecule has 0 spiro atoms. The van der Waals surface area contributed by atoms with E-state index in [0.717, 1.165) is 12.8 Å². The van der Waals surface area contributed by atoms with E-state index in [1.807, 2.05) is 6.08 Å². The van der Waals surface area contributed by atoms with Crippen LogP contribution in [0.4, 0.5) is 0 Å². The Morgan fingerprint density at radius 2 is 1.67 bits per heavy atom. The Labute approximate surface area is 277 Å². The molecule has 2 unspecified atom stereocenters. The molecular formula is C46H48. The van der Waals surface area contributed by atoms with Crippen molar-refractivity contribution in [2.45, 2.75) is 79.6 Å². The molecule has 0 radical (unpaired) electrons. The fourth-order valence-electron chi connectivity index (χ4n) is 8.59. The Morgan fingerprint density at radius 1 is 0.913 bits per heavy atom. The molecule has 3 aliphatic rings. The van der Waals surface area contributed by atoms with Crippen molar-refractivity contribution in [1.82, 2.24) is 0 Å². The van der Waals surface area contributed by atoms with E-state index in [1.165, 1.54) is 96.0 Å². The van der Waals surface area contributed by atoms with Crippen LogP contribution in [0.5, 0.6) is 0 Å². The first kappa shape index (κ1) is 30.5. The van der Waals surface area contributed by atoms with Gasteiger partial charge in [-0.15, -0.1) is 0 Å². The van der Waals surface area contributed by atoms with E-state index in [9.17, 15) is 0 Å². The molecule has 2 atom stereocenters. The maximum Gasteiger partial charge on any atom is 0.0159 e. The molecule has 0 heteroatoms. The molecule has 0 saturated carbocycles. The highest BCUT2D eigenvalue weighted by molar-refractivity contribution is 6.04. The van der Waals surface area contributed by atoms with Gasteiger partial charge < -0.3 is 0 Å². The van der Waals surface area contributed by atoms with E-state index in [2.05, 4.69) is 140 Å². The minimum absolute atomic E-state index is 0.104. The van der Waals surface area contributed by atoms with Gasteiger partial charge in [-0.25, -0.2) is 0 Å². The van der Waals surface area contributed by atoms with Gasteiger partial charge in [0.1, 0.15) is 0 Å². The first-order valence-corrected chi connectivity index (χ1v) is 17.3. The average molecular weight is 601 g/mol. The monoisotopic (exact) mass is 600 g/mol. The minimum Gasteiger partial charge on any atom is -0.0988 e. The molecule has 0 bridgehead atoms. The molecule has 0 saturated heterocycles. The second-order valence-corrected chi connectivity index (χ2v) is 14.7. The van der Waals surface area contributed by atoms with Crippen LogP contribution in [0, 0.1) is 11.8 Å². The first-order valence-electron chi connectivity index (χ1n) is 17.3. The van der Waals surface area contributed by atoms with Crippen LogP contribution in [-0.4, -0.2) is 0 Å². The lowest BCUT2D eigenvalue weighted by molar-refractivity contribution is 0.581. The Bertz CT molecular complexity index is 2030. The van der Waals surface area contributed by atoms with Crippen LogP contribution in [0.15, 0.2) is 114 Å². The van der Waals surface area contributed by atoms with Gasteiger partial charge in [0.15, 0.2) is 0 Å². The summed E-state index contributed by atoms with van der Waals surface area (Å²) in [4.78, 5) is 0. The summed E-state index contributed by atoms with van der Waals surface area (Å²) in [5, 5.41) is 2.75. The van der Waals surface area contributed by atoms with Crippen LogP contribution in [0.3, 0.4) is 0 Å². The molecule has 232 valence electrons. The number of fused-ring (bicyclic) bond motifs is 7. The van der Waals surface area contributed by atoms with Gasteiger partial charge in [-0.2, -0.15) is 0 Å². The lowest BCUT2D eigenvalue weighted by atomic mass is 9.77. The molecule has 0 N–H and O–H groups in total. The van der Waals surface area contributed by atoms with E-state index < -0.39 is 0 Å². The minimum atomic E-state index is -0.104. The second kappa shape index (κ2) is 11.6. The van der Waals surface area contributed by atoms with E-state index in [-0.39, 0.29) is 5.41 Å². The Hall–Kier alpha value is -4.16. The molecule has 0 aromatic heterocycles. The second-order valence-electron chi connectivity index (χ2n) is 14.7. The summed E-state index contributed by atoms with van der Waals surface area (Å²) in [5.74, 6) is 1.27. The number of hydrogen-bond acceptors (Lipinski definition) is 0. The van der Waals surface area contributed by atoms with Gasteiger partial charge >= 0.3 is 0 Å². The van der Waals surface area contributed by atoms with Crippen molar-refractivity contribution in [2.24, 2.45) is 11.8 Å². The first-order chi connectivity index (χ1) is 22.1. The van der Waals surface area contributed by atoms with Crippen LogP contribution in [0.1, 0.15) is 100 Å². The van der Waals surface area contributed by atoms with Crippen LogP contribution < -0.4 is 0 Å². The van der Waals surface area contributed by atoms with E-state index in [1.54, 1.807) is 5.57 Å². The zero-order valence-electron chi connectivity index (χ0n) is 28.9. The Balaban J connectivity index is 1.32. The molecule has 4 aromatic rings. The van der Waals surface area contributed by atoms with Crippen molar-refractivity contribution in [3.05, 3.63) is 153 Å². The van der Waals surface area contributed by atoms with E-state index in [4.69, 9.17) is 0 Å². The third-order valence-corrected chi connectivity index (χ3v) is 11.4. The molecule has 4 aromatic carbocycles. The maximum absolute atomic E-state index is 4.10. The van der Waals surface area contributed by atoms with Crippen LogP contribution >= 0.6 is 0 Å². The SMILES string of the molecule is C=C/C(C)=C(\C(C)=C/C)c1ccc2c(c1)C(C)(C)c1cc(Cc3ccc4c(c3)CC(C)C3=C4C=CC(C)CC3)c3ccccc3c1-2. The summed E-state index contributed by atoms with van der Waals surface area (Å²) in [6.07, 6.45) is 13.6. The van der Waals surface area contributed by atoms with Crippen molar-refractivity contribution in [3.8, 4) is 11.1 Å². The molecular weight excluding hydrogens is 553 g/mol. The van der Waals surface area contributed by atoms with E-state index >= 15 is 0 Å². The predicted molar refractivity (Wildman–Crippen MR) is 200 cm³/mol. The highest BCUT2D eigenvalue weighted by Gasteiger charge is 2.37. The van der Waals surface area contributed by atoms with Crippen molar-refractivity contribution >= 4 is 21.9 Å². The van der Waals surface area contributed by atoms with Crippen LogP contribution in [0.2, 0.25) is 0 Å². The van der Waals surface area contributed by atoms with Gasteiger partial charge in [-0.05, 0) is 147 Å². The number of benzene rings is 4. The molecule has 3 aliphatic carbocycles. The quantitative estimate of drug-likeness (QED) is 0.200. The highest BCUT2D eigenvalue weighted by atomic mass is 14.4. The van der Waals surface area contributed by atoms with Crippen molar-refractivity contribution in [2.75, 3.05) is 0 Å². The zero-order valence-corrected chi connectivity index (χ0v) is 28.9. The topological polar surface area (TPSA) is 0 Å². The summed E-state index contributed by atoms with van der Waals surface area (Å²) in [5.41, 5.74) is 19.6. The van der Waals surface area contributed by atoms with Gasteiger partial charge in [0.05, 0.1) is 0 Å². The summed E-state index contributed by atoms with van der Waals surface area (Å²) in [7, 11) is 0. The number of hydrogen-bond donors (Lipinski definition) is 0. The largest absolute Gasteiger partial charge is 0.0988 e. The number of allylic oxidation sites excluding steroid dienone is 9. The molecule has 7 rings (SSSR count). The predicted octanol–water partition coefficient (Wildman–Crippen LogP) is 12.6. The summed E-state index contributed by atoms with van der Waals surface area (Å²) >= 11 is 0. The van der Waals surface area contributed by atoms with Crippen molar-refractivity contribution in [1.29, 1.82) is 0 Å². The summed E-state index contributed by atoms with van der Waals surface area (Å²) < 4.78 is 0. The summed E-state index contributed by atoms with van der Waals surface area (Å²) in [6.45, 7) is 20.2. The molecule has 0 heterocycles. The van der Waals surface area contributed by atoms with Gasteiger partial charge in [0.2, 0.25) is 0 Å². The Kier molecular flexibility index (Phi) is 7.67. The lowest BCUT2D eigenvalue weighted by Gasteiger charge is -2.27. The lowest BCUT2D eigenvalue weighted by Crippen LogP contribution is -2.16. The van der Waals surface area contributed by atoms with Gasteiger partial charge in [-0.3, -0.25) is 0 Å². The average Bonchev–Trinajstić information content (AvgIpc) is 3.15. The zero-order chi connectivity index (χ0) is 32.3. The summed E-state index contributed by atoms with van der Waals surface area (Å²) in [6, 6.07) is 26.1. The third-order valence-electron chi connectivity index (χ3n) is 11.4. The van der Waals surface area contributed by atoms with Crippen molar-refractivity contribution in [3.63, 3.8) is 0 Å². The molecule has 46 heavy (non-hydrogen) atoms. The van der Waals surface area contributed by atoms with Crippen LogP contribution in [0.25, 0.3) is 33.0 Å².